The summed E-state index contributed by atoms with van der Waals surface area (Å²) < 4.78 is 5.19. The Labute approximate surface area is 98.6 Å². The van der Waals surface area contributed by atoms with Crippen LogP contribution in [0.3, 0.4) is 0 Å². The van der Waals surface area contributed by atoms with Crippen molar-refractivity contribution in [2.75, 3.05) is 0 Å². The molecule has 0 saturated carbocycles. The van der Waals surface area contributed by atoms with Gasteiger partial charge in [-0.2, -0.15) is 0 Å². The minimum Gasteiger partial charge on any atom is -0.424 e. The maximum Gasteiger partial charge on any atom is 0.343 e. The SMILES string of the molecule is C[C@@]1(C(=O)Oc2ccccc2C=O)C=CC=N1. The minimum absolute atomic E-state index is 0.254. The summed E-state index contributed by atoms with van der Waals surface area (Å²) in [5.74, 6) is -0.249. The summed E-state index contributed by atoms with van der Waals surface area (Å²) in [6.45, 7) is 1.65. The van der Waals surface area contributed by atoms with Gasteiger partial charge in [-0.05, 0) is 31.2 Å². The molecule has 0 fully saturated rings. The van der Waals surface area contributed by atoms with E-state index in [1.807, 2.05) is 0 Å². The molecule has 1 aliphatic rings. The van der Waals surface area contributed by atoms with Crippen LogP contribution in [0.4, 0.5) is 0 Å². The van der Waals surface area contributed by atoms with Crippen LogP contribution >= 0.6 is 0 Å². The molecule has 0 aromatic heterocycles. The van der Waals surface area contributed by atoms with Gasteiger partial charge in [0.05, 0.1) is 5.56 Å². The first kappa shape index (κ1) is 11.3. The number of nitrogens with zero attached hydrogens (tertiary/aromatic N) is 1. The third kappa shape index (κ3) is 2.15. The molecule has 17 heavy (non-hydrogen) atoms. The fourth-order valence-electron chi connectivity index (χ4n) is 1.47. The average molecular weight is 229 g/mol. The van der Waals surface area contributed by atoms with Gasteiger partial charge in [-0.1, -0.05) is 12.1 Å². The third-order valence-corrected chi connectivity index (χ3v) is 2.51. The first-order chi connectivity index (χ1) is 8.15. The molecule has 0 aliphatic carbocycles. The topological polar surface area (TPSA) is 55.7 Å². The van der Waals surface area contributed by atoms with Gasteiger partial charge >= 0.3 is 5.97 Å². The molecular formula is C13H11NO3. The molecule has 0 radical (unpaired) electrons. The summed E-state index contributed by atoms with van der Waals surface area (Å²) in [6, 6.07) is 6.57. The van der Waals surface area contributed by atoms with Crippen molar-refractivity contribution in [3.8, 4) is 5.75 Å². The predicted molar refractivity (Wildman–Crippen MR) is 63.5 cm³/mol. The van der Waals surface area contributed by atoms with Crippen molar-refractivity contribution in [1.29, 1.82) is 0 Å². The molecule has 4 heteroatoms. The highest BCUT2D eigenvalue weighted by Crippen LogP contribution is 2.22. The summed E-state index contributed by atoms with van der Waals surface area (Å²) in [6.07, 6.45) is 5.54. The molecule has 1 aromatic rings. The number of aliphatic imine (C=N–C) groups is 1. The van der Waals surface area contributed by atoms with E-state index in [1.165, 1.54) is 0 Å². The summed E-state index contributed by atoms with van der Waals surface area (Å²) in [4.78, 5) is 26.7. The Hall–Kier alpha value is -2.23. The van der Waals surface area contributed by atoms with E-state index in [4.69, 9.17) is 4.74 Å². The van der Waals surface area contributed by atoms with E-state index >= 15 is 0 Å². The van der Waals surface area contributed by atoms with E-state index in [-0.39, 0.29) is 5.75 Å². The van der Waals surface area contributed by atoms with Gasteiger partial charge in [0.25, 0.3) is 0 Å². The Kier molecular flexibility index (Phi) is 2.87. The highest BCUT2D eigenvalue weighted by molar-refractivity contribution is 5.92. The fraction of sp³-hybridized carbons (Fsp3) is 0.154. The second-order valence-electron chi connectivity index (χ2n) is 3.83. The Bertz CT molecular complexity index is 505. The standard InChI is InChI=1S/C13H11NO3/c1-13(7-4-8-14-13)12(16)17-11-6-3-2-5-10(11)9-15/h2-9H,1H3/t13-/m0/s1. The molecule has 1 aliphatic heterocycles. The van der Waals surface area contributed by atoms with E-state index in [0.717, 1.165) is 0 Å². The van der Waals surface area contributed by atoms with Crippen LogP contribution in [-0.4, -0.2) is 24.0 Å². The van der Waals surface area contributed by atoms with Gasteiger partial charge in [0.1, 0.15) is 5.75 Å². The van der Waals surface area contributed by atoms with Crippen LogP contribution in [0.5, 0.6) is 5.75 Å². The van der Waals surface area contributed by atoms with Crippen LogP contribution < -0.4 is 4.74 Å². The van der Waals surface area contributed by atoms with Gasteiger partial charge < -0.3 is 4.74 Å². The van der Waals surface area contributed by atoms with Crippen molar-refractivity contribution in [3.63, 3.8) is 0 Å². The molecule has 1 aromatic carbocycles. The van der Waals surface area contributed by atoms with E-state index in [0.29, 0.717) is 11.8 Å². The molecular weight excluding hydrogens is 218 g/mol. The number of carbonyl (C=O) groups excluding carboxylic acids is 2. The molecule has 0 bridgehead atoms. The van der Waals surface area contributed by atoms with Crippen molar-refractivity contribution in [1.82, 2.24) is 0 Å². The van der Waals surface area contributed by atoms with Crippen molar-refractivity contribution in [2.24, 2.45) is 4.99 Å². The second kappa shape index (κ2) is 4.33. The van der Waals surface area contributed by atoms with Crippen LogP contribution in [0.15, 0.2) is 41.4 Å². The van der Waals surface area contributed by atoms with Gasteiger partial charge in [0.15, 0.2) is 11.8 Å². The van der Waals surface area contributed by atoms with Crippen molar-refractivity contribution in [3.05, 3.63) is 42.0 Å². The Balaban J connectivity index is 2.21. The molecule has 1 atom stereocenters. The van der Waals surface area contributed by atoms with E-state index in [9.17, 15) is 9.59 Å². The minimum atomic E-state index is -0.990. The summed E-state index contributed by atoms with van der Waals surface area (Å²) in [5.41, 5.74) is -0.647. The Morgan fingerprint density at radius 1 is 1.41 bits per heavy atom. The van der Waals surface area contributed by atoms with Crippen LogP contribution in [0.25, 0.3) is 0 Å². The van der Waals surface area contributed by atoms with Crippen molar-refractivity contribution >= 4 is 18.5 Å². The highest BCUT2D eigenvalue weighted by atomic mass is 16.5. The molecule has 4 nitrogen and oxygen atoms in total. The number of para-hydroxylation sites is 1. The fourth-order valence-corrected chi connectivity index (χ4v) is 1.47. The van der Waals surface area contributed by atoms with E-state index in [2.05, 4.69) is 4.99 Å². The summed E-state index contributed by atoms with van der Waals surface area (Å²) >= 11 is 0. The molecule has 0 N–H and O–H groups in total. The number of esters is 1. The molecule has 0 amide bonds. The molecule has 0 saturated heterocycles. The molecule has 0 unspecified atom stereocenters. The second-order valence-corrected chi connectivity index (χ2v) is 3.83. The summed E-state index contributed by atoms with van der Waals surface area (Å²) in [7, 11) is 0. The number of hydrogen-bond donors (Lipinski definition) is 0. The Morgan fingerprint density at radius 3 is 2.82 bits per heavy atom. The van der Waals surface area contributed by atoms with Crippen LogP contribution in [0.2, 0.25) is 0 Å². The molecule has 0 spiro atoms. The average Bonchev–Trinajstić information content (AvgIpc) is 2.78. The number of benzene rings is 1. The summed E-state index contributed by atoms with van der Waals surface area (Å²) in [5, 5.41) is 0. The van der Waals surface area contributed by atoms with Crippen LogP contribution in [-0.2, 0) is 4.79 Å². The maximum atomic E-state index is 11.9. The lowest BCUT2D eigenvalue weighted by molar-refractivity contribution is -0.137. The zero-order valence-electron chi connectivity index (χ0n) is 9.29. The van der Waals surface area contributed by atoms with Gasteiger partial charge in [-0.3, -0.25) is 9.79 Å². The van der Waals surface area contributed by atoms with Gasteiger partial charge in [-0.15, -0.1) is 0 Å². The number of carbonyl (C=O) groups is 2. The highest BCUT2D eigenvalue weighted by Gasteiger charge is 2.33. The lowest BCUT2D eigenvalue weighted by Gasteiger charge is -2.16. The monoisotopic (exact) mass is 229 g/mol. The molecule has 86 valence electrons. The zero-order chi connectivity index (χ0) is 12.3. The normalized spacial score (nSPS) is 21.5. The third-order valence-electron chi connectivity index (χ3n) is 2.51. The first-order valence-corrected chi connectivity index (χ1v) is 5.15. The quantitative estimate of drug-likeness (QED) is 0.451. The lowest BCUT2D eigenvalue weighted by atomic mass is 10.1. The number of rotatable bonds is 3. The number of ether oxygens (including phenoxy) is 1. The molecule has 2 rings (SSSR count). The molecule has 1 heterocycles. The van der Waals surface area contributed by atoms with Crippen molar-refractivity contribution in [2.45, 2.75) is 12.5 Å². The van der Waals surface area contributed by atoms with Crippen LogP contribution in [0.1, 0.15) is 17.3 Å². The zero-order valence-corrected chi connectivity index (χ0v) is 9.29. The van der Waals surface area contributed by atoms with Gasteiger partial charge in [0, 0.05) is 6.21 Å². The Morgan fingerprint density at radius 2 is 2.18 bits per heavy atom. The first-order valence-electron chi connectivity index (χ1n) is 5.15. The van der Waals surface area contributed by atoms with Gasteiger partial charge in [-0.25, -0.2) is 4.79 Å². The predicted octanol–water partition coefficient (Wildman–Crippen LogP) is 1.80. The maximum absolute atomic E-state index is 11.9. The largest absolute Gasteiger partial charge is 0.424 e. The smallest absolute Gasteiger partial charge is 0.343 e. The van der Waals surface area contributed by atoms with Gasteiger partial charge in [0.2, 0.25) is 0 Å². The number of aldehydes is 1. The van der Waals surface area contributed by atoms with E-state index in [1.54, 1.807) is 49.6 Å². The van der Waals surface area contributed by atoms with E-state index < -0.39 is 11.5 Å². The van der Waals surface area contributed by atoms with Crippen LogP contribution in [0, 0.1) is 0 Å². The van der Waals surface area contributed by atoms with Crippen molar-refractivity contribution < 1.29 is 14.3 Å². The number of hydrogen-bond acceptors (Lipinski definition) is 4. The lowest BCUT2D eigenvalue weighted by Crippen LogP contribution is -2.33. The number of allylic oxidation sites excluding steroid dienone is 1.